The lowest BCUT2D eigenvalue weighted by molar-refractivity contribution is 0.0729. The number of hydrogen-bond donors (Lipinski definition) is 1. The van der Waals surface area contributed by atoms with Gasteiger partial charge in [0.15, 0.2) is 0 Å². The predicted octanol–water partition coefficient (Wildman–Crippen LogP) is 7.80. The zero-order chi connectivity index (χ0) is 24.9. The van der Waals surface area contributed by atoms with Gasteiger partial charge >= 0.3 is 5.97 Å². The highest BCUT2D eigenvalue weighted by molar-refractivity contribution is 5.94. The molecular formula is C29H42O3. The topological polar surface area (TPSA) is 46.5 Å². The average Bonchev–Trinajstić information content (AvgIpc) is 2.57. The van der Waals surface area contributed by atoms with Crippen LogP contribution in [0.25, 0.3) is 0 Å². The Morgan fingerprint density at radius 2 is 1.16 bits per heavy atom. The molecule has 0 saturated heterocycles. The minimum Gasteiger partial charge on any atom is -0.508 e. The fourth-order valence-corrected chi connectivity index (χ4v) is 3.80. The van der Waals surface area contributed by atoms with Gasteiger partial charge in [-0.2, -0.15) is 0 Å². The van der Waals surface area contributed by atoms with Crippen LogP contribution < -0.4 is 4.74 Å². The van der Waals surface area contributed by atoms with Crippen LogP contribution in [0.15, 0.2) is 30.3 Å². The molecule has 0 unspecified atom stereocenters. The van der Waals surface area contributed by atoms with E-state index in [2.05, 4.69) is 47.6 Å². The lowest BCUT2D eigenvalue weighted by Gasteiger charge is -2.28. The molecular weight excluding hydrogens is 396 g/mol. The molecule has 3 nitrogen and oxygen atoms in total. The SMILES string of the molecule is CC(C)(C)c1ccc(OC(=O)c2cc(C(C)(C)C)c(O)cc2C(C)(C)C)c(C(C)(C)C)c1. The number of benzene rings is 2. The van der Waals surface area contributed by atoms with Gasteiger partial charge in [-0.3, -0.25) is 0 Å². The second kappa shape index (κ2) is 8.24. The predicted molar refractivity (Wildman–Crippen MR) is 134 cm³/mol. The number of ether oxygens (including phenoxy) is 1. The molecule has 0 saturated carbocycles. The van der Waals surface area contributed by atoms with Crippen molar-refractivity contribution in [3.05, 3.63) is 58.1 Å². The molecule has 32 heavy (non-hydrogen) atoms. The van der Waals surface area contributed by atoms with Crippen LogP contribution in [-0.2, 0) is 21.7 Å². The van der Waals surface area contributed by atoms with Gasteiger partial charge in [-0.25, -0.2) is 4.79 Å². The molecule has 0 aromatic heterocycles. The van der Waals surface area contributed by atoms with Crippen LogP contribution in [0.3, 0.4) is 0 Å². The third-order valence-electron chi connectivity index (χ3n) is 5.83. The summed E-state index contributed by atoms with van der Waals surface area (Å²) in [6.45, 7) is 25.1. The number of hydrogen-bond acceptors (Lipinski definition) is 3. The number of carbonyl (C=O) groups is 1. The van der Waals surface area contributed by atoms with E-state index < -0.39 is 5.97 Å². The van der Waals surface area contributed by atoms with Gasteiger partial charge in [-0.1, -0.05) is 95.2 Å². The average molecular weight is 439 g/mol. The van der Waals surface area contributed by atoms with Gasteiger partial charge < -0.3 is 9.84 Å². The van der Waals surface area contributed by atoms with Crippen molar-refractivity contribution >= 4 is 5.97 Å². The molecule has 1 N–H and O–H groups in total. The van der Waals surface area contributed by atoms with Crippen molar-refractivity contribution in [2.24, 2.45) is 0 Å². The Bertz CT molecular complexity index is 1000. The smallest absolute Gasteiger partial charge is 0.343 e. The Hall–Kier alpha value is -2.29. The van der Waals surface area contributed by atoms with Crippen LogP contribution in [0.5, 0.6) is 11.5 Å². The Morgan fingerprint density at radius 3 is 1.59 bits per heavy atom. The fraction of sp³-hybridized carbons (Fsp3) is 0.552. The summed E-state index contributed by atoms with van der Waals surface area (Å²) in [5.74, 6) is 0.402. The van der Waals surface area contributed by atoms with Crippen molar-refractivity contribution in [1.82, 2.24) is 0 Å². The molecule has 2 rings (SSSR count). The summed E-state index contributed by atoms with van der Waals surface area (Å²) in [4.78, 5) is 13.5. The number of phenols is 1. The molecule has 0 bridgehead atoms. The van der Waals surface area contributed by atoms with E-state index in [0.717, 1.165) is 16.7 Å². The normalized spacial score (nSPS) is 13.2. The molecule has 0 amide bonds. The van der Waals surface area contributed by atoms with Gasteiger partial charge in [-0.15, -0.1) is 0 Å². The first-order chi connectivity index (χ1) is 14.2. The van der Waals surface area contributed by atoms with Crippen LogP contribution in [0.2, 0.25) is 0 Å². The van der Waals surface area contributed by atoms with E-state index in [0.29, 0.717) is 11.3 Å². The van der Waals surface area contributed by atoms with Crippen LogP contribution in [0.1, 0.15) is 116 Å². The Balaban J connectivity index is 2.65. The summed E-state index contributed by atoms with van der Waals surface area (Å²) in [5, 5.41) is 10.7. The Morgan fingerprint density at radius 1 is 0.656 bits per heavy atom. The maximum atomic E-state index is 13.5. The van der Waals surface area contributed by atoms with Gasteiger partial charge in [-0.05, 0) is 51.0 Å². The van der Waals surface area contributed by atoms with Crippen LogP contribution >= 0.6 is 0 Å². The lowest BCUT2D eigenvalue weighted by Crippen LogP contribution is -2.23. The van der Waals surface area contributed by atoms with Crippen LogP contribution in [0, 0.1) is 0 Å². The first-order valence-corrected chi connectivity index (χ1v) is 11.5. The minimum atomic E-state index is -0.394. The molecule has 0 heterocycles. The molecule has 0 fully saturated rings. The van der Waals surface area contributed by atoms with Crippen molar-refractivity contribution in [1.29, 1.82) is 0 Å². The number of rotatable bonds is 2. The molecule has 0 radical (unpaired) electrons. The molecule has 0 aliphatic rings. The molecule has 2 aromatic carbocycles. The molecule has 0 atom stereocenters. The van der Waals surface area contributed by atoms with Crippen molar-refractivity contribution in [2.45, 2.75) is 105 Å². The maximum Gasteiger partial charge on any atom is 0.343 e. The van der Waals surface area contributed by atoms with E-state index in [1.54, 1.807) is 12.1 Å². The van der Waals surface area contributed by atoms with E-state index in [1.807, 2.05) is 53.7 Å². The zero-order valence-electron chi connectivity index (χ0n) is 22.2. The third-order valence-corrected chi connectivity index (χ3v) is 5.83. The van der Waals surface area contributed by atoms with E-state index in [4.69, 9.17) is 4.74 Å². The van der Waals surface area contributed by atoms with Crippen LogP contribution in [-0.4, -0.2) is 11.1 Å². The first-order valence-electron chi connectivity index (χ1n) is 11.5. The highest BCUT2D eigenvalue weighted by atomic mass is 16.5. The Kier molecular flexibility index (Phi) is 6.69. The lowest BCUT2D eigenvalue weighted by atomic mass is 9.78. The molecule has 0 aliphatic heterocycles. The fourth-order valence-electron chi connectivity index (χ4n) is 3.80. The third kappa shape index (κ3) is 5.74. The first kappa shape index (κ1) is 26.0. The molecule has 2 aromatic rings. The highest BCUT2D eigenvalue weighted by Crippen LogP contribution is 2.39. The Labute approximate surface area is 195 Å². The monoisotopic (exact) mass is 438 g/mol. The van der Waals surface area contributed by atoms with Gasteiger partial charge in [0.2, 0.25) is 0 Å². The maximum absolute atomic E-state index is 13.5. The number of aromatic hydroxyl groups is 1. The van der Waals surface area contributed by atoms with Gasteiger partial charge in [0.1, 0.15) is 11.5 Å². The standard InChI is InChI=1S/C29H42O3/c1-26(2,3)18-13-14-24(22(15-18)29(10,11)12)32-25(31)19-16-21(28(7,8)9)23(30)17-20(19)27(4,5)6/h13-17,30H,1-12H3. The summed E-state index contributed by atoms with van der Waals surface area (Å²) >= 11 is 0. The van der Waals surface area contributed by atoms with Crippen molar-refractivity contribution in [3.63, 3.8) is 0 Å². The summed E-state index contributed by atoms with van der Waals surface area (Å²) in [5.41, 5.74) is 3.40. The summed E-state index contributed by atoms with van der Waals surface area (Å²) in [7, 11) is 0. The summed E-state index contributed by atoms with van der Waals surface area (Å²) in [6.07, 6.45) is 0. The number of carbonyl (C=O) groups excluding carboxylic acids is 1. The van der Waals surface area contributed by atoms with Crippen molar-refractivity contribution < 1.29 is 14.6 Å². The summed E-state index contributed by atoms with van der Waals surface area (Å²) < 4.78 is 6.05. The highest BCUT2D eigenvalue weighted by Gasteiger charge is 2.30. The van der Waals surface area contributed by atoms with E-state index in [-0.39, 0.29) is 27.4 Å². The van der Waals surface area contributed by atoms with Gasteiger partial charge in [0.05, 0.1) is 5.56 Å². The number of esters is 1. The zero-order valence-corrected chi connectivity index (χ0v) is 22.2. The number of phenolic OH excluding ortho intramolecular Hbond substituents is 1. The van der Waals surface area contributed by atoms with E-state index in [9.17, 15) is 9.90 Å². The summed E-state index contributed by atoms with van der Waals surface area (Å²) in [6, 6.07) is 9.65. The molecule has 176 valence electrons. The molecule has 3 heteroatoms. The van der Waals surface area contributed by atoms with Gasteiger partial charge in [0.25, 0.3) is 0 Å². The minimum absolute atomic E-state index is 0.000506. The second-order valence-corrected chi connectivity index (χ2v) is 13.0. The van der Waals surface area contributed by atoms with E-state index in [1.165, 1.54) is 5.56 Å². The molecule has 0 aliphatic carbocycles. The van der Waals surface area contributed by atoms with E-state index >= 15 is 0 Å². The second-order valence-electron chi connectivity index (χ2n) is 13.0. The largest absolute Gasteiger partial charge is 0.508 e. The van der Waals surface area contributed by atoms with Crippen molar-refractivity contribution in [3.8, 4) is 11.5 Å². The van der Waals surface area contributed by atoms with Gasteiger partial charge in [0, 0.05) is 11.1 Å². The quantitative estimate of drug-likeness (QED) is 0.384. The van der Waals surface area contributed by atoms with Crippen LogP contribution in [0.4, 0.5) is 0 Å². The van der Waals surface area contributed by atoms with Crippen molar-refractivity contribution in [2.75, 3.05) is 0 Å². The molecule has 0 spiro atoms.